The molecular formula is C26H28N4O. The van der Waals surface area contributed by atoms with Crippen molar-refractivity contribution in [2.24, 2.45) is 0 Å². The van der Waals surface area contributed by atoms with E-state index in [4.69, 9.17) is 0 Å². The number of aryl methyl sites for hydroxylation is 2. The normalized spacial score (nSPS) is 10.9. The highest BCUT2D eigenvalue weighted by atomic mass is 16.1. The van der Waals surface area contributed by atoms with Gasteiger partial charge in [0.05, 0.1) is 0 Å². The van der Waals surface area contributed by atoms with Crippen LogP contribution in [0, 0.1) is 0 Å². The van der Waals surface area contributed by atoms with Gasteiger partial charge in [0.1, 0.15) is 5.82 Å². The number of carbonyl (C=O) groups excluding carboxylic acids is 1. The van der Waals surface area contributed by atoms with Crippen molar-refractivity contribution in [3.63, 3.8) is 0 Å². The van der Waals surface area contributed by atoms with Gasteiger partial charge >= 0.3 is 0 Å². The van der Waals surface area contributed by atoms with Crippen LogP contribution < -0.4 is 10.2 Å². The fraction of sp³-hybridized carbons (Fsp3) is 0.231. The van der Waals surface area contributed by atoms with Crippen molar-refractivity contribution in [2.45, 2.75) is 32.7 Å². The minimum Gasteiger partial charge on any atom is -0.347 e. The maximum absolute atomic E-state index is 12.6. The van der Waals surface area contributed by atoms with Gasteiger partial charge < -0.3 is 14.8 Å². The number of carbonyl (C=O) groups is 1. The van der Waals surface area contributed by atoms with Crippen molar-refractivity contribution in [3.8, 4) is 0 Å². The second-order valence-corrected chi connectivity index (χ2v) is 7.71. The number of para-hydroxylation sites is 1. The third-order valence-corrected chi connectivity index (χ3v) is 5.49. The quantitative estimate of drug-likeness (QED) is 0.399. The first-order valence-electron chi connectivity index (χ1n) is 10.8. The molecular weight excluding hydrogens is 384 g/mol. The van der Waals surface area contributed by atoms with E-state index in [1.807, 2.05) is 54.4 Å². The average molecular weight is 413 g/mol. The molecule has 2 heterocycles. The summed E-state index contributed by atoms with van der Waals surface area (Å²) in [6.45, 7) is 3.17. The van der Waals surface area contributed by atoms with Crippen LogP contribution in [-0.4, -0.2) is 22.5 Å². The van der Waals surface area contributed by atoms with E-state index >= 15 is 0 Å². The number of nitrogens with zero attached hydrogens (tertiary/aromatic N) is 3. The molecule has 0 atom stereocenters. The molecule has 5 nitrogen and oxygen atoms in total. The van der Waals surface area contributed by atoms with Crippen LogP contribution in [0.1, 0.15) is 25.3 Å². The molecule has 1 N–H and O–H groups in total. The van der Waals surface area contributed by atoms with Crippen LogP contribution in [-0.2, 0) is 17.8 Å². The van der Waals surface area contributed by atoms with Gasteiger partial charge in [-0.3, -0.25) is 4.79 Å². The lowest BCUT2D eigenvalue weighted by Gasteiger charge is -2.18. The SMILES string of the molecule is CCCn1cc(CCC(=O)Nc2ccc(N(C)c3ccccn3)cc2)c2ccccc21. The number of hydrogen-bond acceptors (Lipinski definition) is 3. The first kappa shape index (κ1) is 20.7. The Hall–Kier alpha value is -3.60. The largest absolute Gasteiger partial charge is 0.347 e. The van der Waals surface area contributed by atoms with Gasteiger partial charge in [-0.25, -0.2) is 4.98 Å². The molecule has 0 bridgehead atoms. The molecule has 2 aromatic carbocycles. The van der Waals surface area contributed by atoms with Crippen molar-refractivity contribution < 1.29 is 4.79 Å². The van der Waals surface area contributed by atoms with Gasteiger partial charge in [-0.15, -0.1) is 0 Å². The highest BCUT2D eigenvalue weighted by Crippen LogP contribution is 2.24. The predicted octanol–water partition coefficient (Wildman–Crippen LogP) is 5.79. The van der Waals surface area contributed by atoms with Crippen molar-refractivity contribution in [1.82, 2.24) is 9.55 Å². The van der Waals surface area contributed by atoms with Crippen LogP contribution in [0.5, 0.6) is 0 Å². The van der Waals surface area contributed by atoms with E-state index in [9.17, 15) is 4.79 Å². The third kappa shape index (κ3) is 4.77. The molecule has 1 amide bonds. The fourth-order valence-corrected chi connectivity index (χ4v) is 3.87. The Morgan fingerprint density at radius 2 is 1.81 bits per heavy atom. The summed E-state index contributed by atoms with van der Waals surface area (Å²) in [5, 5.41) is 4.26. The van der Waals surface area contributed by atoms with Crippen LogP contribution in [0.2, 0.25) is 0 Å². The molecule has 5 heteroatoms. The number of anilines is 3. The second-order valence-electron chi connectivity index (χ2n) is 7.71. The summed E-state index contributed by atoms with van der Waals surface area (Å²) in [4.78, 5) is 18.9. The molecule has 0 unspecified atom stereocenters. The molecule has 4 aromatic rings. The topological polar surface area (TPSA) is 50.2 Å². The minimum absolute atomic E-state index is 0.0261. The monoisotopic (exact) mass is 412 g/mol. The van der Waals surface area contributed by atoms with Crippen LogP contribution in [0.3, 0.4) is 0 Å². The Labute approximate surface area is 183 Å². The molecule has 31 heavy (non-hydrogen) atoms. The van der Waals surface area contributed by atoms with E-state index in [1.165, 1.54) is 16.5 Å². The van der Waals surface area contributed by atoms with Gasteiger partial charge in [0.2, 0.25) is 5.91 Å². The number of nitrogens with one attached hydrogen (secondary N) is 1. The summed E-state index contributed by atoms with van der Waals surface area (Å²) in [5.74, 6) is 0.902. The van der Waals surface area contributed by atoms with Crippen molar-refractivity contribution in [1.29, 1.82) is 0 Å². The summed E-state index contributed by atoms with van der Waals surface area (Å²) in [5.41, 5.74) is 4.29. The first-order valence-corrected chi connectivity index (χ1v) is 10.8. The van der Waals surface area contributed by atoms with Crippen LogP contribution >= 0.6 is 0 Å². The number of pyridine rings is 1. The number of aromatic nitrogens is 2. The molecule has 0 aliphatic carbocycles. The Morgan fingerprint density at radius 1 is 1.03 bits per heavy atom. The maximum atomic E-state index is 12.6. The Kier molecular flexibility index (Phi) is 6.32. The highest BCUT2D eigenvalue weighted by Gasteiger charge is 2.11. The summed E-state index contributed by atoms with van der Waals surface area (Å²) < 4.78 is 2.29. The van der Waals surface area contributed by atoms with Crippen LogP contribution in [0.15, 0.2) is 79.1 Å². The van der Waals surface area contributed by atoms with Gasteiger partial charge in [0.15, 0.2) is 0 Å². The number of benzene rings is 2. The summed E-state index contributed by atoms with van der Waals surface area (Å²) >= 11 is 0. The molecule has 0 saturated carbocycles. The highest BCUT2D eigenvalue weighted by molar-refractivity contribution is 5.92. The molecule has 4 rings (SSSR count). The van der Waals surface area contributed by atoms with Crippen molar-refractivity contribution in [3.05, 3.63) is 84.7 Å². The zero-order valence-electron chi connectivity index (χ0n) is 18.1. The van der Waals surface area contributed by atoms with E-state index in [0.717, 1.165) is 36.6 Å². The average Bonchev–Trinajstić information content (AvgIpc) is 3.16. The molecule has 0 radical (unpaired) electrons. The summed E-state index contributed by atoms with van der Waals surface area (Å²) in [6.07, 6.45) is 6.24. The molecule has 158 valence electrons. The number of amides is 1. The maximum Gasteiger partial charge on any atom is 0.224 e. The van der Waals surface area contributed by atoms with Gasteiger partial charge in [-0.05, 0) is 60.9 Å². The second kappa shape index (κ2) is 9.47. The van der Waals surface area contributed by atoms with Gasteiger partial charge in [0.25, 0.3) is 0 Å². The molecule has 0 fully saturated rings. The Balaban J connectivity index is 1.38. The zero-order chi connectivity index (χ0) is 21.6. The lowest BCUT2D eigenvalue weighted by molar-refractivity contribution is -0.116. The van der Waals surface area contributed by atoms with E-state index in [1.54, 1.807) is 6.20 Å². The molecule has 2 aromatic heterocycles. The van der Waals surface area contributed by atoms with Crippen LogP contribution in [0.4, 0.5) is 17.2 Å². The Bertz CT molecular complexity index is 1150. The van der Waals surface area contributed by atoms with E-state index in [-0.39, 0.29) is 5.91 Å². The lowest BCUT2D eigenvalue weighted by Crippen LogP contribution is -2.13. The molecule has 0 saturated heterocycles. The first-order chi connectivity index (χ1) is 15.2. The number of rotatable bonds is 8. The predicted molar refractivity (Wildman–Crippen MR) is 128 cm³/mol. The van der Waals surface area contributed by atoms with E-state index in [0.29, 0.717) is 6.42 Å². The smallest absolute Gasteiger partial charge is 0.224 e. The van der Waals surface area contributed by atoms with Crippen molar-refractivity contribution in [2.75, 3.05) is 17.3 Å². The van der Waals surface area contributed by atoms with Crippen LogP contribution in [0.25, 0.3) is 10.9 Å². The number of hydrogen-bond donors (Lipinski definition) is 1. The molecule has 0 aliphatic heterocycles. The summed E-state index contributed by atoms with van der Waals surface area (Å²) in [6, 6.07) is 22.1. The summed E-state index contributed by atoms with van der Waals surface area (Å²) in [7, 11) is 1.98. The standard InChI is InChI=1S/C26H28N4O/c1-3-18-30-19-20(23-8-4-5-9-24(23)30)11-16-26(31)28-21-12-14-22(15-13-21)29(2)25-10-6-7-17-27-25/h4-10,12-15,17,19H,3,11,16,18H2,1-2H3,(H,28,31). The van der Waals surface area contributed by atoms with E-state index < -0.39 is 0 Å². The fourth-order valence-electron chi connectivity index (χ4n) is 3.87. The van der Waals surface area contributed by atoms with Gasteiger partial charge in [-0.1, -0.05) is 31.2 Å². The lowest BCUT2D eigenvalue weighted by atomic mass is 10.1. The third-order valence-electron chi connectivity index (χ3n) is 5.49. The van der Waals surface area contributed by atoms with Gasteiger partial charge in [-0.2, -0.15) is 0 Å². The number of fused-ring (bicyclic) bond motifs is 1. The van der Waals surface area contributed by atoms with Crippen molar-refractivity contribution >= 4 is 34.0 Å². The Morgan fingerprint density at radius 3 is 2.55 bits per heavy atom. The minimum atomic E-state index is 0.0261. The zero-order valence-corrected chi connectivity index (χ0v) is 18.1. The molecule has 0 aliphatic rings. The van der Waals surface area contributed by atoms with Gasteiger partial charge in [0, 0.05) is 54.7 Å². The van der Waals surface area contributed by atoms with E-state index in [2.05, 4.69) is 52.3 Å². The molecule has 0 spiro atoms.